The standard InChI is InChI=1S/C48H29N3/c1-3-13-32-27-34(23-21-30(32)11-1)45-37-15-5-7-17-39(37)46(40-18-8-6-16-38(40)45)35-25-26-42-41(29-35)48-50-43-19-9-10-20-44(43)51(48)47(49-42)36-24-22-31-12-2-4-14-33(31)28-36/h1-29H. The van der Waals surface area contributed by atoms with Crippen LogP contribution < -0.4 is 0 Å². The zero-order chi connectivity index (χ0) is 33.5. The lowest BCUT2D eigenvalue weighted by atomic mass is 9.85. The Balaban J connectivity index is 1.20. The van der Waals surface area contributed by atoms with E-state index in [2.05, 4.69) is 180 Å². The molecule has 3 nitrogen and oxygen atoms in total. The van der Waals surface area contributed by atoms with Gasteiger partial charge in [-0.25, -0.2) is 9.97 Å². The molecule has 0 bridgehead atoms. The van der Waals surface area contributed by atoms with Crippen LogP contribution in [0.4, 0.5) is 0 Å². The van der Waals surface area contributed by atoms with Gasteiger partial charge in [0, 0.05) is 10.9 Å². The third-order valence-corrected chi connectivity index (χ3v) is 10.5. The van der Waals surface area contributed by atoms with Crippen molar-refractivity contribution in [2.24, 2.45) is 0 Å². The molecule has 0 aliphatic heterocycles. The molecular weight excluding hydrogens is 619 g/mol. The van der Waals surface area contributed by atoms with Crippen molar-refractivity contribution in [2.45, 2.75) is 0 Å². The maximum absolute atomic E-state index is 5.36. The van der Waals surface area contributed by atoms with Gasteiger partial charge in [0.05, 0.1) is 16.6 Å². The maximum Gasteiger partial charge on any atom is 0.149 e. The van der Waals surface area contributed by atoms with Crippen molar-refractivity contribution in [1.29, 1.82) is 0 Å². The van der Waals surface area contributed by atoms with Crippen molar-refractivity contribution < 1.29 is 0 Å². The fourth-order valence-electron chi connectivity index (χ4n) is 8.17. The van der Waals surface area contributed by atoms with E-state index in [1.807, 2.05) is 0 Å². The first kappa shape index (κ1) is 28.0. The number of nitrogens with zero attached hydrogens (tertiary/aromatic N) is 3. The van der Waals surface area contributed by atoms with E-state index >= 15 is 0 Å². The van der Waals surface area contributed by atoms with Gasteiger partial charge in [-0.3, -0.25) is 4.40 Å². The molecule has 0 aliphatic carbocycles. The Bertz CT molecular complexity index is 3150. The number of hydrogen-bond donors (Lipinski definition) is 0. The number of fused-ring (bicyclic) bond motifs is 9. The molecule has 0 spiro atoms. The Hall–Kier alpha value is -6.84. The van der Waals surface area contributed by atoms with Crippen LogP contribution in [-0.2, 0) is 0 Å². The van der Waals surface area contributed by atoms with E-state index in [0.717, 1.165) is 44.5 Å². The molecule has 0 atom stereocenters. The second-order valence-electron chi connectivity index (χ2n) is 13.4. The first-order chi connectivity index (χ1) is 25.3. The van der Waals surface area contributed by atoms with E-state index in [0.29, 0.717) is 0 Å². The molecule has 2 aromatic heterocycles. The molecule has 11 rings (SSSR count). The summed E-state index contributed by atoms with van der Waals surface area (Å²) in [6, 6.07) is 63.3. The summed E-state index contributed by atoms with van der Waals surface area (Å²) >= 11 is 0. The number of imidazole rings is 1. The summed E-state index contributed by atoms with van der Waals surface area (Å²) in [4.78, 5) is 10.6. The third kappa shape index (κ3) is 4.25. The number of aromatic nitrogens is 3. The molecule has 0 amide bonds. The molecule has 0 saturated heterocycles. The van der Waals surface area contributed by atoms with Crippen molar-refractivity contribution >= 4 is 70.7 Å². The van der Waals surface area contributed by atoms with Crippen LogP contribution in [-0.4, -0.2) is 14.4 Å². The van der Waals surface area contributed by atoms with E-state index in [-0.39, 0.29) is 0 Å². The topological polar surface area (TPSA) is 30.2 Å². The Morgan fingerprint density at radius 3 is 1.47 bits per heavy atom. The van der Waals surface area contributed by atoms with Crippen molar-refractivity contribution in [2.75, 3.05) is 0 Å². The van der Waals surface area contributed by atoms with Crippen LogP contribution in [0.2, 0.25) is 0 Å². The van der Waals surface area contributed by atoms with Gasteiger partial charge in [0.25, 0.3) is 0 Å². The predicted molar refractivity (Wildman–Crippen MR) is 214 cm³/mol. The van der Waals surface area contributed by atoms with Gasteiger partial charge in [-0.15, -0.1) is 0 Å². The quantitative estimate of drug-likeness (QED) is 0.179. The monoisotopic (exact) mass is 647 g/mol. The van der Waals surface area contributed by atoms with E-state index in [1.165, 1.54) is 59.8 Å². The number of para-hydroxylation sites is 2. The van der Waals surface area contributed by atoms with Crippen LogP contribution >= 0.6 is 0 Å². The first-order valence-corrected chi connectivity index (χ1v) is 17.4. The molecule has 0 unspecified atom stereocenters. The molecule has 0 radical (unpaired) electrons. The lowest BCUT2D eigenvalue weighted by Gasteiger charge is -2.18. The van der Waals surface area contributed by atoms with Gasteiger partial charge in [-0.05, 0) is 102 Å². The fraction of sp³-hybridized carbons (Fsp3) is 0. The highest BCUT2D eigenvalue weighted by Gasteiger charge is 2.20. The molecule has 0 fully saturated rings. The minimum atomic E-state index is 0.889. The smallest absolute Gasteiger partial charge is 0.149 e. The van der Waals surface area contributed by atoms with Crippen molar-refractivity contribution in [3.8, 4) is 33.6 Å². The van der Waals surface area contributed by atoms with Gasteiger partial charge in [0.15, 0.2) is 0 Å². The SMILES string of the molecule is c1ccc2cc(-c3c4ccccc4c(-c4ccc5nc(-c6ccc7ccccc7c6)n6c7ccccc7nc6c5c4)c4ccccc34)ccc2c1. The third-order valence-electron chi connectivity index (χ3n) is 10.5. The largest absolute Gasteiger partial charge is 0.276 e. The number of benzene rings is 9. The molecular formula is C48H29N3. The minimum absolute atomic E-state index is 0.889. The summed E-state index contributed by atoms with van der Waals surface area (Å²) in [5.74, 6) is 0.889. The maximum atomic E-state index is 5.36. The van der Waals surface area contributed by atoms with Gasteiger partial charge in [0.1, 0.15) is 11.5 Å². The van der Waals surface area contributed by atoms with Gasteiger partial charge in [-0.2, -0.15) is 0 Å². The Labute approximate surface area is 293 Å². The lowest BCUT2D eigenvalue weighted by Crippen LogP contribution is -1.98. The van der Waals surface area contributed by atoms with Gasteiger partial charge < -0.3 is 0 Å². The predicted octanol–water partition coefficient (Wildman–Crippen LogP) is 12.6. The number of rotatable bonds is 3. The summed E-state index contributed by atoms with van der Waals surface area (Å²) in [6.45, 7) is 0. The molecule has 3 heteroatoms. The van der Waals surface area contributed by atoms with Crippen LogP contribution in [0, 0.1) is 0 Å². The summed E-state index contributed by atoms with van der Waals surface area (Å²) in [5.41, 5.74) is 9.76. The summed E-state index contributed by atoms with van der Waals surface area (Å²) in [7, 11) is 0. The van der Waals surface area contributed by atoms with Crippen LogP contribution in [0.25, 0.3) is 104 Å². The highest BCUT2D eigenvalue weighted by Crippen LogP contribution is 2.45. The van der Waals surface area contributed by atoms with Gasteiger partial charge in [0.2, 0.25) is 0 Å². The molecule has 236 valence electrons. The second kappa shape index (κ2) is 10.8. The van der Waals surface area contributed by atoms with Crippen LogP contribution in [0.3, 0.4) is 0 Å². The fourth-order valence-corrected chi connectivity index (χ4v) is 8.17. The highest BCUT2D eigenvalue weighted by molar-refractivity contribution is 6.22. The van der Waals surface area contributed by atoms with Crippen LogP contribution in [0.15, 0.2) is 176 Å². The van der Waals surface area contributed by atoms with E-state index in [4.69, 9.17) is 9.97 Å². The molecule has 0 aliphatic rings. The van der Waals surface area contributed by atoms with Crippen molar-refractivity contribution in [1.82, 2.24) is 14.4 Å². The van der Waals surface area contributed by atoms with Gasteiger partial charge in [-0.1, -0.05) is 140 Å². The zero-order valence-corrected chi connectivity index (χ0v) is 27.6. The van der Waals surface area contributed by atoms with Crippen LogP contribution in [0.1, 0.15) is 0 Å². The van der Waals surface area contributed by atoms with E-state index < -0.39 is 0 Å². The Morgan fingerprint density at radius 2 is 0.824 bits per heavy atom. The first-order valence-electron chi connectivity index (χ1n) is 17.4. The zero-order valence-electron chi connectivity index (χ0n) is 27.6. The Kier molecular flexibility index (Phi) is 5.96. The van der Waals surface area contributed by atoms with E-state index in [1.54, 1.807) is 0 Å². The molecule has 11 aromatic rings. The van der Waals surface area contributed by atoms with E-state index in [9.17, 15) is 0 Å². The van der Waals surface area contributed by atoms with Crippen molar-refractivity contribution in [3.05, 3.63) is 176 Å². The van der Waals surface area contributed by atoms with Gasteiger partial charge >= 0.3 is 0 Å². The molecule has 2 heterocycles. The summed E-state index contributed by atoms with van der Waals surface area (Å²) < 4.78 is 2.24. The average Bonchev–Trinajstić information content (AvgIpc) is 3.59. The summed E-state index contributed by atoms with van der Waals surface area (Å²) in [6.07, 6.45) is 0. The highest BCUT2D eigenvalue weighted by atomic mass is 15.1. The molecule has 0 saturated carbocycles. The normalized spacial score (nSPS) is 11.9. The average molecular weight is 648 g/mol. The van der Waals surface area contributed by atoms with Crippen molar-refractivity contribution in [3.63, 3.8) is 0 Å². The number of hydrogen-bond acceptors (Lipinski definition) is 2. The molecule has 51 heavy (non-hydrogen) atoms. The lowest BCUT2D eigenvalue weighted by molar-refractivity contribution is 1.16. The Morgan fingerprint density at radius 1 is 0.333 bits per heavy atom. The molecule has 0 N–H and O–H groups in total. The van der Waals surface area contributed by atoms with Crippen LogP contribution in [0.5, 0.6) is 0 Å². The summed E-state index contributed by atoms with van der Waals surface area (Å²) in [5, 5.41) is 10.9. The minimum Gasteiger partial charge on any atom is -0.276 e. The molecule has 9 aromatic carbocycles. The second-order valence-corrected chi connectivity index (χ2v) is 13.4.